The number of aromatic nitrogens is 1. The van der Waals surface area contributed by atoms with Gasteiger partial charge in [0.15, 0.2) is 0 Å². The number of fused-ring (bicyclic) bond motifs is 5. The van der Waals surface area contributed by atoms with Gasteiger partial charge in [-0.3, -0.25) is 19.6 Å². The Morgan fingerprint density at radius 3 is 2.07 bits per heavy atom. The Bertz CT molecular complexity index is 3150. The molecule has 0 bridgehead atoms. The summed E-state index contributed by atoms with van der Waals surface area (Å²) in [6, 6.07) is 18.5. The zero-order chi connectivity index (χ0) is 55.6. The van der Waals surface area contributed by atoms with Crippen molar-refractivity contribution in [2.24, 2.45) is 5.92 Å². The Labute approximate surface area is 444 Å². The Morgan fingerprint density at radius 1 is 0.855 bits per heavy atom. The van der Waals surface area contributed by atoms with Crippen LogP contribution in [-0.4, -0.2) is 108 Å². The van der Waals surface area contributed by atoms with Crippen molar-refractivity contribution in [3.8, 4) is 16.9 Å². The first-order chi connectivity index (χ1) is 35.7. The zero-order valence-corrected chi connectivity index (χ0v) is 46.0. The Balaban J connectivity index is 1.08. The highest BCUT2D eigenvalue weighted by Crippen LogP contribution is 2.46. The second-order valence-electron chi connectivity index (χ2n) is 21.8. The molecule has 0 saturated carbocycles. The highest BCUT2D eigenvalue weighted by Gasteiger charge is 2.39. The van der Waals surface area contributed by atoms with Crippen LogP contribution in [0.25, 0.3) is 22.0 Å². The normalized spacial score (nSPS) is 14.8. The van der Waals surface area contributed by atoms with E-state index in [9.17, 15) is 37.5 Å². The molecule has 76 heavy (non-hydrogen) atoms. The number of carbonyl (C=O) groups excluding carboxylic acids is 4. The number of alkyl carbamates (subject to hydrolysis) is 1. The third-order valence-electron chi connectivity index (χ3n) is 13.9. The van der Waals surface area contributed by atoms with Gasteiger partial charge in [0.25, 0.3) is 10.0 Å². The summed E-state index contributed by atoms with van der Waals surface area (Å²) in [5, 5.41) is 30.8. The number of aliphatic carboxylic acids is 1. The summed E-state index contributed by atoms with van der Waals surface area (Å²) >= 11 is 0. The molecule has 406 valence electrons. The van der Waals surface area contributed by atoms with Crippen LogP contribution in [0.1, 0.15) is 113 Å². The highest BCUT2D eigenvalue weighted by molar-refractivity contribution is 7.89. The van der Waals surface area contributed by atoms with Gasteiger partial charge in [0.1, 0.15) is 41.7 Å². The number of hydrogen-bond donors (Lipinski definition) is 6. The Morgan fingerprint density at radius 2 is 1.45 bits per heavy atom. The summed E-state index contributed by atoms with van der Waals surface area (Å²) < 4.78 is 48.2. The molecule has 19 heteroatoms. The number of nitrogens with one attached hydrogen (secondary N) is 5. The minimum atomic E-state index is -4.26. The molecule has 0 fully saturated rings. The van der Waals surface area contributed by atoms with E-state index in [1.165, 1.54) is 17.8 Å². The predicted molar refractivity (Wildman–Crippen MR) is 289 cm³/mol. The van der Waals surface area contributed by atoms with Gasteiger partial charge in [-0.2, -0.15) is 0 Å². The number of para-hydroxylation sites is 1. The standard InChI is InChI=1S/C57H71N7O11S/c1-32(2)27-45(62-54(69)73-31-43-40-22-14-12-20-38(40)39-21-13-15-23-41(39)43)51(66)60-44(50(65)61-46(52(67)68)28-36-30-64(55(70)75-56(6,7)8)47-25-17-16-19-37(36)47)24-18-26-59-53(58)63(11)76(71,72)49-34(4)33(3)48-42(35(49)5)29-57(9,10)74-48/h12-17,19-23,25,30,32,43-46H,18,24,26-29,31H2,1-11H3,(H2,58,59)(H,60,66)(H,61,65)(H,62,69)(H,67,68)/t44-,45-,46-/m0/s1. The zero-order valence-electron chi connectivity index (χ0n) is 45.2. The van der Waals surface area contributed by atoms with Gasteiger partial charge >= 0.3 is 18.2 Å². The molecular formula is C57H71N7O11S. The second-order valence-corrected chi connectivity index (χ2v) is 23.7. The molecule has 1 aliphatic carbocycles. The van der Waals surface area contributed by atoms with Gasteiger partial charge in [-0.1, -0.05) is 80.6 Å². The Kier molecular flexibility index (Phi) is 16.6. The summed E-state index contributed by atoms with van der Waals surface area (Å²) in [5.41, 5.74) is 6.22. The predicted octanol–water partition coefficient (Wildman–Crippen LogP) is 8.24. The number of guanidine groups is 1. The molecule has 4 aromatic carbocycles. The van der Waals surface area contributed by atoms with Crippen molar-refractivity contribution in [2.75, 3.05) is 20.2 Å². The van der Waals surface area contributed by atoms with Gasteiger partial charge in [0, 0.05) is 49.5 Å². The molecule has 1 aromatic heterocycles. The van der Waals surface area contributed by atoms with Crippen molar-refractivity contribution in [1.29, 1.82) is 5.41 Å². The fraction of sp³-hybridized carbons (Fsp3) is 0.439. The van der Waals surface area contributed by atoms with Crippen molar-refractivity contribution in [3.05, 3.63) is 118 Å². The molecule has 0 radical (unpaired) electrons. The number of carboxylic acid groups (broad SMARTS) is 1. The lowest BCUT2D eigenvalue weighted by Gasteiger charge is -2.26. The van der Waals surface area contributed by atoms with Gasteiger partial charge in [-0.05, 0) is 131 Å². The van der Waals surface area contributed by atoms with Gasteiger partial charge in [-0.25, -0.2) is 27.1 Å². The molecule has 1 aliphatic heterocycles. The average Bonchev–Trinajstić information content (AvgIpc) is 4.01. The van der Waals surface area contributed by atoms with Crippen molar-refractivity contribution in [3.63, 3.8) is 0 Å². The van der Waals surface area contributed by atoms with Crippen LogP contribution in [0.5, 0.6) is 5.75 Å². The van der Waals surface area contributed by atoms with Gasteiger partial charge in [-0.15, -0.1) is 0 Å². The van der Waals surface area contributed by atoms with Crippen LogP contribution < -0.4 is 26.0 Å². The molecule has 18 nitrogen and oxygen atoms in total. The molecule has 3 amide bonds. The topological polar surface area (TPSA) is 248 Å². The maximum atomic E-state index is 14.4. The van der Waals surface area contributed by atoms with E-state index in [1.807, 2.05) is 83.1 Å². The summed E-state index contributed by atoms with van der Waals surface area (Å²) in [5.74, 6) is -3.11. The first-order valence-electron chi connectivity index (χ1n) is 25.6. The van der Waals surface area contributed by atoms with E-state index in [2.05, 4.69) is 21.3 Å². The van der Waals surface area contributed by atoms with E-state index >= 15 is 0 Å². The highest BCUT2D eigenvalue weighted by atomic mass is 32.2. The maximum absolute atomic E-state index is 14.4. The summed E-state index contributed by atoms with van der Waals surface area (Å²) in [4.78, 5) is 68.7. The van der Waals surface area contributed by atoms with Crippen LogP contribution in [-0.2, 0) is 46.7 Å². The molecule has 7 rings (SSSR count). The summed E-state index contributed by atoms with van der Waals surface area (Å²) in [6.45, 7) is 18.0. The largest absolute Gasteiger partial charge is 0.487 e. The van der Waals surface area contributed by atoms with Crippen LogP contribution in [0.2, 0.25) is 0 Å². The quantitative estimate of drug-likeness (QED) is 0.0276. The van der Waals surface area contributed by atoms with Crippen molar-refractivity contribution < 1.29 is 51.7 Å². The third kappa shape index (κ3) is 12.3. The van der Waals surface area contributed by atoms with Gasteiger partial charge < -0.3 is 40.6 Å². The molecule has 2 aliphatic rings. The lowest BCUT2D eigenvalue weighted by molar-refractivity contribution is -0.142. The van der Waals surface area contributed by atoms with E-state index < -0.39 is 75.3 Å². The van der Waals surface area contributed by atoms with Crippen LogP contribution in [0.15, 0.2) is 83.9 Å². The number of benzene rings is 4. The van der Waals surface area contributed by atoms with Crippen LogP contribution in [0.3, 0.4) is 0 Å². The van der Waals surface area contributed by atoms with E-state index in [1.54, 1.807) is 58.9 Å². The van der Waals surface area contributed by atoms with E-state index in [4.69, 9.17) is 19.6 Å². The van der Waals surface area contributed by atoms with E-state index in [0.717, 1.165) is 32.1 Å². The number of rotatable bonds is 18. The maximum Gasteiger partial charge on any atom is 0.419 e. The lowest BCUT2D eigenvalue weighted by Crippen LogP contribution is -2.56. The van der Waals surface area contributed by atoms with E-state index in [0.29, 0.717) is 45.3 Å². The number of carbonyl (C=O) groups is 5. The molecule has 0 spiro atoms. The monoisotopic (exact) mass is 1060 g/mol. The number of carboxylic acids is 1. The van der Waals surface area contributed by atoms with Crippen LogP contribution in [0, 0.1) is 32.1 Å². The van der Waals surface area contributed by atoms with Gasteiger partial charge in [0.05, 0.1) is 10.4 Å². The average molecular weight is 1060 g/mol. The molecular weight excluding hydrogens is 991 g/mol. The fourth-order valence-electron chi connectivity index (χ4n) is 10.1. The van der Waals surface area contributed by atoms with Crippen molar-refractivity contribution >= 4 is 56.9 Å². The van der Waals surface area contributed by atoms with Crippen LogP contribution >= 0.6 is 0 Å². The molecule has 5 aromatic rings. The number of nitrogens with zero attached hydrogens (tertiary/aromatic N) is 2. The number of hydrogen-bond acceptors (Lipinski definition) is 11. The summed E-state index contributed by atoms with van der Waals surface area (Å²) in [6.07, 6.45) is 0.318. The first kappa shape index (κ1) is 56.3. The van der Waals surface area contributed by atoms with Crippen LogP contribution in [0.4, 0.5) is 9.59 Å². The molecule has 2 heterocycles. The lowest BCUT2D eigenvalue weighted by atomic mass is 9.94. The molecule has 6 N–H and O–H groups in total. The smallest absolute Gasteiger partial charge is 0.419 e. The summed E-state index contributed by atoms with van der Waals surface area (Å²) in [7, 11) is -2.98. The van der Waals surface area contributed by atoms with Crippen molar-refractivity contribution in [2.45, 2.75) is 141 Å². The molecule has 0 unspecified atom stereocenters. The Hall–Kier alpha value is -7.41. The van der Waals surface area contributed by atoms with Crippen molar-refractivity contribution in [1.82, 2.24) is 30.1 Å². The van der Waals surface area contributed by atoms with E-state index in [-0.39, 0.29) is 55.6 Å². The molecule has 3 atom stereocenters. The second kappa shape index (κ2) is 22.4. The third-order valence-corrected chi connectivity index (χ3v) is 15.9. The number of sulfonamides is 1. The first-order valence-corrected chi connectivity index (χ1v) is 27.0. The number of amides is 3. The minimum Gasteiger partial charge on any atom is -0.487 e. The van der Waals surface area contributed by atoms with Gasteiger partial charge in [0.2, 0.25) is 17.8 Å². The number of ether oxygens (including phenoxy) is 3. The molecule has 0 saturated heterocycles. The SMILES string of the molecule is Cc1c(C)c(S(=O)(=O)N(C)C(=N)NCCC[C@H](NC(=O)[C@H](CC(C)C)NC(=O)OCC2c3ccccc3-c3ccccc32)C(=O)N[C@@H](Cc2cn(C(=O)OC(C)(C)C)c3ccccc23)C(=O)O)c(C)c2c1OC(C)(C)C2. The minimum absolute atomic E-state index is 0.00804. The fourth-order valence-corrected chi connectivity index (χ4v) is 11.7.